The number of halogens is 1. The lowest BCUT2D eigenvalue weighted by molar-refractivity contribution is -0.135. The number of carbonyl (C=O) groups is 2. The van der Waals surface area contributed by atoms with Gasteiger partial charge in [-0.05, 0) is 11.6 Å². The molecule has 0 heterocycles. The molecule has 0 aliphatic rings. The molecule has 15 heavy (non-hydrogen) atoms. The molecule has 0 fully saturated rings. The number of carboxylic acid groups (broad SMARTS) is 1. The Morgan fingerprint density at radius 2 is 2.20 bits per heavy atom. The molecule has 0 bridgehead atoms. The SMILES string of the molecule is O=Cc1c(F)cccc1C=CCC(=O)O. The summed E-state index contributed by atoms with van der Waals surface area (Å²) >= 11 is 0. The van der Waals surface area contributed by atoms with Crippen molar-refractivity contribution in [2.75, 3.05) is 0 Å². The molecule has 0 spiro atoms. The zero-order valence-corrected chi connectivity index (χ0v) is 7.81. The van der Waals surface area contributed by atoms with Gasteiger partial charge in [0.1, 0.15) is 5.82 Å². The summed E-state index contributed by atoms with van der Waals surface area (Å²) in [6.45, 7) is 0. The van der Waals surface area contributed by atoms with E-state index in [-0.39, 0.29) is 12.0 Å². The summed E-state index contributed by atoms with van der Waals surface area (Å²) in [7, 11) is 0. The molecule has 1 N–H and O–H groups in total. The highest BCUT2D eigenvalue weighted by atomic mass is 19.1. The minimum atomic E-state index is -0.977. The van der Waals surface area contributed by atoms with Gasteiger partial charge in [-0.3, -0.25) is 9.59 Å². The van der Waals surface area contributed by atoms with Gasteiger partial charge >= 0.3 is 5.97 Å². The smallest absolute Gasteiger partial charge is 0.307 e. The van der Waals surface area contributed by atoms with Crippen LogP contribution in [0, 0.1) is 5.82 Å². The van der Waals surface area contributed by atoms with Crippen LogP contribution in [0.15, 0.2) is 24.3 Å². The van der Waals surface area contributed by atoms with Gasteiger partial charge in [-0.25, -0.2) is 4.39 Å². The lowest BCUT2D eigenvalue weighted by Crippen LogP contribution is -1.93. The van der Waals surface area contributed by atoms with E-state index in [1.165, 1.54) is 24.3 Å². The van der Waals surface area contributed by atoms with Crippen LogP contribution in [0.3, 0.4) is 0 Å². The molecule has 0 saturated heterocycles. The van der Waals surface area contributed by atoms with E-state index in [2.05, 4.69) is 0 Å². The molecule has 1 aromatic rings. The largest absolute Gasteiger partial charge is 0.481 e. The van der Waals surface area contributed by atoms with Crippen molar-refractivity contribution >= 4 is 18.3 Å². The zero-order valence-electron chi connectivity index (χ0n) is 7.81. The number of aliphatic carboxylic acids is 1. The van der Waals surface area contributed by atoms with Crippen molar-refractivity contribution in [2.45, 2.75) is 6.42 Å². The number of carbonyl (C=O) groups excluding carboxylic acids is 1. The molecule has 4 heteroatoms. The Hall–Kier alpha value is -1.97. The number of hydrogen-bond donors (Lipinski definition) is 1. The van der Waals surface area contributed by atoms with E-state index >= 15 is 0 Å². The Labute approximate surface area is 85.8 Å². The minimum absolute atomic E-state index is 0.0564. The molecule has 0 aliphatic carbocycles. The van der Waals surface area contributed by atoms with Crippen LogP contribution in [0.1, 0.15) is 22.3 Å². The molecular weight excluding hydrogens is 199 g/mol. The van der Waals surface area contributed by atoms with Crippen LogP contribution < -0.4 is 0 Å². The average Bonchev–Trinajstić information content (AvgIpc) is 2.17. The fourth-order valence-electron chi connectivity index (χ4n) is 1.11. The Morgan fingerprint density at radius 3 is 2.80 bits per heavy atom. The molecule has 0 atom stereocenters. The second-order valence-electron chi connectivity index (χ2n) is 2.86. The van der Waals surface area contributed by atoms with Gasteiger partial charge in [-0.2, -0.15) is 0 Å². The van der Waals surface area contributed by atoms with Gasteiger partial charge in [0.15, 0.2) is 6.29 Å². The van der Waals surface area contributed by atoms with Crippen molar-refractivity contribution < 1.29 is 19.1 Å². The molecule has 0 aliphatic heterocycles. The summed E-state index contributed by atoms with van der Waals surface area (Å²) in [4.78, 5) is 20.8. The fourth-order valence-corrected chi connectivity index (χ4v) is 1.11. The first-order chi connectivity index (χ1) is 7.15. The van der Waals surface area contributed by atoms with Crippen molar-refractivity contribution in [2.24, 2.45) is 0 Å². The third-order valence-electron chi connectivity index (χ3n) is 1.79. The first-order valence-corrected chi connectivity index (χ1v) is 4.27. The van der Waals surface area contributed by atoms with E-state index in [1.807, 2.05) is 0 Å². The van der Waals surface area contributed by atoms with E-state index in [4.69, 9.17) is 5.11 Å². The molecular formula is C11H9FO3. The number of benzene rings is 1. The fraction of sp³-hybridized carbons (Fsp3) is 0.0909. The third-order valence-corrected chi connectivity index (χ3v) is 1.79. The zero-order chi connectivity index (χ0) is 11.3. The van der Waals surface area contributed by atoms with Crippen molar-refractivity contribution in [3.05, 3.63) is 41.2 Å². The molecule has 0 aromatic heterocycles. The molecule has 78 valence electrons. The van der Waals surface area contributed by atoms with Crippen LogP contribution in [0.4, 0.5) is 4.39 Å². The quantitative estimate of drug-likeness (QED) is 0.771. The third kappa shape index (κ3) is 3.02. The standard InChI is InChI=1S/C11H9FO3/c12-10-5-1-3-8(9(10)7-13)4-2-6-11(14)15/h1-5,7H,6H2,(H,14,15). The number of carboxylic acids is 1. The Morgan fingerprint density at radius 1 is 1.47 bits per heavy atom. The van der Waals surface area contributed by atoms with Gasteiger partial charge in [-0.15, -0.1) is 0 Å². The maximum absolute atomic E-state index is 13.1. The second kappa shape index (κ2) is 5.05. The van der Waals surface area contributed by atoms with Crippen LogP contribution in [0.2, 0.25) is 0 Å². The molecule has 1 aromatic carbocycles. The van der Waals surface area contributed by atoms with E-state index in [9.17, 15) is 14.0 Å². The minimum Gasteiger partial charge on any atom is -0.481 e. The molecule has 0 amide bonds. The number of hydrogen-bond acceptors (Lipinski definition) is 2. The Balaban J connectivity index is 2.94. The van der Waals surface area contributed by atoms with Gasteiger partial charge in [0.05, 0.1) is 12.0 Å². The summed E-state index contributed by atoms with van der Waals surface area (Å²) in [6, 6.07) is 4.19. The highest BCUT2D eigenvalue weighted by Gasteiger charge is 2.04. The highest BCUT2D eigenvalue weighted by Crippen LogP contribution is 2.13. The lowest BCUT2D eigenvalue weighted by Gasteiger charge is -1.99. The van der Waals surface area contributed by atoms with Crippen LogP contribution in [0.25, 0.3) is 6.08 Å². The molecule has 0 saturated carbocycles. The number of aldehydes is 1. The number of rotatable bonds is 4. The van der Waals surface area contributed by atoms with Crippen molar-refractivity contribution in [3.63, 3.8) is 0 Å². The Kier molecular flexibility index (Phi) is 3.74. The van der Waals surface area contributed by atoms with Crippen molar-refractivity contribution in [1.82, 2.24) is 0 Å². The highest BCUT2D eigenvalue weighted by molar-refractivity contribution is 5.82. The van der Waals surface area contributed by atoms with Gasteiger partial charge in [0.2, 0.25) is 0 Å². The summed E-state index contributed by atoms with van der Waals surface area (Å²) in [6.07, 6.45) is 3.04. The average molecular weight is 208 g/mol. The van der Waals surface area contributed by atoms with Crippen LogP contribution in [0.5, 0.6) is 0 Å². The van der Waals surface area contributed by atoms with Crippen LogP contribution in [-0.4, -0.2) is 17.4 Å². The molecule has 0 unspecified atom stereocenters. The second-order valence-corrected chi connectivity index (χ2v) is 2.86. The molecule has 0 radical (unpaired) electrons. The van der Waals surface area contributed by atoms with Crippen molar-refractivity contribution in [3.8, 4) is 0 Å². The molecule has 3 nitrogen and oxygen atoms in total. The van der Waals surface area contributed by atoms with E-state index in [0.717, 1.165) is 0 Å². The van der Waals surface area contributed by atoms with Crippen LogP contribution >= 0.6 is 0 Å². The Bertz CT molecular complexity index is 410. The predicted octanol–water partition coefficient (Wildman–Crippen LogP) is 2.13. The maximum atomic E-state index is 13.1. The van der Waals surface area contributed by atoms with Crippen LogP contribution in [-0.2, 0) is 4.79 Å². The monoisotopic (exact) mass is 208 g/mol. The first-order valence-electron chi connectivity index (χ1n) is 4.27. The summed E-state index contributed by atoms with van der Waals surface area (Å²) in [5.41, 5.74) is 0.324. The topological polar surface area (TPSA) is 54.4 Å². The summed E-state index contributed by atoms with van der Waals surface area (Å²) in [5.74, 6) is -1.59. The van der Waals surface area contributed by atoms with E-state index in [0.29, 0.717) is 11.8 Å². The first kappa shape index (κ1) is 11.1. The molecule has 1 rings (SSSR count). The normalized spacial score (nSPS) is 10.5. The predicted molar refractivity (Wildman–Crippen MR) is 53.1 cm³/mol. The van der Waals surface area contributed by atoms with Gasteiger partial charge < -0.3 is 5.11 Å². The summed E-state index contributed by atoms with van der Waals surface area (Å²) < 4.78 is 13.1. The maximum Gasteiger partial charge on any atom is 0.307 e. The van der Waals surface area contributed by atoms with Crippen molar-refractivity contribution in [1.29, 1.82) is 0 Å². The van der Waals surface area contributed by atoms with Gasteiger partial charge in [0, 0.05) is 0 Å². The van der Waals surface area contributed by atoms with E-state index < -0.39 is 11.8 Å². The summed E-state index contributed by atoms with van der Waals surface area (Å²) in [5, 5.41) is 8.38. The van der Waals surface area contributed by atoms with Gasteiger partial charge in [0.25, 0.3) is 0 Å². The van der Waals surface area contributed by atoms with Gasteiger partial charge in [-0.1, -0.05) is 24.3 Å². The lowest BCUT2D eigenvalue weighted by atomic mass is 10.1. The van der Waals surface area contributed by atoms with E-state index in [1.54, 1.807) is 6.07 Å².